The highest BCUT2D eigenvalue weighted by atomic mass is 32.2. The number of carbonyl (C=O) groups is 1. The first-order chi connectivity index (χ1) is 6.77. The highest BCUT2D eigenvalue weighted by Crippen LogP contribution is 2.21. The van der Waals surface area contributed by atoms with Crippen molar-refractivity contribution in [2.24, 2.45) is 5.84 Å². The van der Waals surface area contributed by atoms with Crippen molar-refractivity contribution in [2.75, 3.05) is 18.3 Å². The van der Waals surface area contributed by atoms with Crippen LogP contribution in [0.4, 0.5) is 5.00 Å². The van der Waals surface area contributed by atoms with Crippen LogP contribution in [0.2, 0.25) is 0 Å². The summed E-state index contributed by atoms with van der Waals surface area (Å²) in [5.41, 5.74) is 3.25. The molecule has 14 heavy (non-hydrogen) atoms. The molecule has 0 fully saturated rings. The Morgan fingerprint density at radius 3 is 3.21 bits per heavy atom. The van der Waals surface area contributed by atoms with E-state index in [-0.39, 0.29) is 5.97 Å². The molecule has 0 atom stereocenters. The van der Waals surface area contributed by atoms with E-state index >= 15 is 0 Å². The number of rotatable bonds is 5. The molecular formula is C6H10N4O2S2. The van der Waals surface area contributed by atoms with Gasteiger partial charge in [0.15, 0.2) is 0 Å². The maximum atomic E-state index is 10.8. The average molecular weight is 234 g/mol. The van der Waals surface area contributed by atoms with E-state index in [4.69, 9.17) is 5.84 Å². The lowest BCUT2D eigenvalue weighted by atomic mass is 10.5. The van der Waals surface area contributed by atoms with Crippen LogP contribution < -0.4 is 11.3 Å². The van der Waals surface area contributed by atoms with Crippen molar-refractivity contribution >= 4 is 34.3 Å². The van der Waals surface area contributed by atoms with E-state index in [1.807, 2.05) is 0 Å². The SMILES string of the molecule is COC(=O)CSCc1nnsc1NN. The number of carbonyl (C=O) groups excluding carboxylic acids is 1. The second-order valence-corrected chi connectivity index (χ2v) is 4.00. The van der Waals surface area contributed by atoms with E-state index in [1.54, 1.807) is 0 Å². The number of methoxy groups -OCH3 is 1. The van der Waals surface area contributed by atoms with Gasteiger partial charge >= 0.3 is 5.97 Å². The maximum absolute atomic E-state index is 10.8. The number of hydrazine groups is 1. The maximum Gasteiger partial charge on any atom is 0.315 e. The van der Waals surface area contributed by atoms with Crippen LogP contribution in [0.25, 0.3) is 0 Å². The lowest BCUT2D eigenvalue weighted by Gasteiger charge is -1.99. The summed E-state index contributed by atoms with van der Waals surface area (Å²) in [4.78, 5) is 10.8. The second kappa shape index (κ2) is 5.78. The summed E-state index contributed by atoms with van der Waals surface area (Å²) >= 11 is 2.59. The smallest absolute Gasteiger partial charge is 0.315 e. The summed E-state index contributed by atoms with van der Waals surface area (Å²) in [5.74, 6) is 5.87. The molecule has 78 valence electrons. The predicted octanol–water partition coefficient (Wildman–Crippen LogP) is 0.230. The summed E-state index contributed by atoms with van der Waals surface area (Å²) in [6, 6.07) is 0. The molecule has 0 unspecified atom stereocenters. The van der Waals surface area contributed by atoms with Crippen LogP contribution in [-0.4, -0.2) is 28.4 Å². The van der Waals surface area contributed by atoms with Gasteiger partial charge in [0.25, 0.3) is 0 Å². The van der Waals surface area contributed by atoms with Gasteiger partial charge in [0.1, 0.15) is 10.7 Å². The molecule has 3 N–H and O–H groups in total. The number of esters is 1. The number of nitrogens with one attached hydrogen (secondary N) is 1. The molecule has 8 heteroatoms. The Bertz CT molecular complexity index is 304. The van der Waals surface area contributed by atoms with Crippen molar-refractivity contribution in [2.45, 2.75) is 5.75 Å². The number of nitrogen functional groups attached to an aromatic ring is 1. The van der Waals surface area contributed by atoms with Gasteiger partial charge in [0.05, 0.1) is 12.9 Å². The molecule has 0 aromatic carbocycles. The van der Waals surface area contributed by atoms with E-state index in [1.165, 1.54) is 30.4 Å². The minimum Gasteiger partial charge on any atom is -0.468 e. The minimum absolute atomic E-state index is 0.250. The van der Waals surface area contributed by atoms with Crippen LogP contribution in [0.5, 0.6) is 0 Å². The molecule has 1 aromatic rings. The van der Waals surface area contributed by atoms with Crippen molar-refractivity contribution in [3.05, 3.63) is 5.69 Å². The highest BCUT2D eigenvalue weighted by molar-refractivity contribution is 7.99. The first kappa shape index (κ1) is 11.2. The number of aromatic nitrogens is 2. The molecule has 0 amide bonds. The van der Waals surface area contributed by atoms with Gasteiger partial charge in [-0.25, -0.2) is 5.84 Å². The highest BCUT2D eigenvalue weighted by Gasteiger charge is 2.07. The normalized spacial score (nSPS) is 9.86. The zero-order valence-corrected chi connectivity index (χ0v) is 9.15. The van der Waals surface area contributed by atoms with Crippen molar-refractivity contribution in [1.82, 2.24) is 9.59 Å². The van der Waals surface area contributed by atoms with Crippen LogP contribution >= 0.6 is 23.3 Å². The van der Waals surface area contributed by atoms with Crippen molar-refractivity contribution < 1.29 is 9.53 Å². The Hall–Kier alpha value is -0.860. The van der Waals surface area contributed by atoms with Gasteiger partial charge in [0.2, 0.25) is 0 Å². The van der Waals surface area contributed by atoms with Gasteiger partial charge in [-0.05, 0) is 0 Å². The topological polar surface area (TPSA) is 90.1 Å². The van der Waals surface area contributed by atoms with E-state index in [0.717, 1.165) is 10.7 Å². The largest absolute Gasteiger partial charge is 0.468 e. The third-order valence-electron chi connectivity index (χ3n) is 1.37. The van der Waals surface area contributed by atoms with Gasteiger partial charge in [-0.3, -0.25) is 4.79 Å². The van der Waals surface area contributed by atoms with Crippen molar-refractivity contribution in [3.8, 4) is 0 Å². The van der Waals surface area contributed by atoms with Gasteiger partial charge in [-0.1, -0.05) is 4.49 Å². The average Bonchev–Trinajstić information content (AvgIpc) is 2.65. The fourth-order valence-electron chi connectivity index (χ4n) is 0.703. The number of ether oxygens (including phenoxy) is 1. The number of hydrogen-bond acceptors (Lipinski definition) is 8. The third-order valence-corrected chi connectivity index (χ3v) is 2.99. The first-order valence-electron chi connectivity index (χ1n) is 3.70. The molecule has 0 radical (unpaired) electrons. The molecule has 6 nitrogen and oxygen atoms in total. The van der Waals surface area contributed by atoms with Gasteiger partial charge < -0.3 is 10.2 Å². The van der Waals surface area contributed by atoms with Crippen LogP contribution in [0.1, 0.15) is 5.69 Å². The lowest BCUT2D eigenvalue weighted by Crippen LogP contribution is -2.07. The van der Waals surface area contributed by atoms with E-state index in [0.29, 0.717) is 11.5 Å². The van der Waals surface area contributed by atoms with Crippen molar-refractivity contribution in [3.63, 3.8) is 0 Å². The molecule has 0 bridgehead atoms. The van der Waals surface area contributed by atoms with Gasteiger partial charge in [0, 0.05) is 17.3 Å². The first-order valence-corrected chi connectivity index (χ1v) is 5.63. The molecule has 0 saturated heterocycles. The zero-order valence-electron chi connectivity index (χ0n) is 7.52. The predicted molar refractivity (Wildman–Crippen MR) is 55.9 cm³/mol. The summed E-state index contributed by atoms with van der Waals surface area (Å²) in [6.45, 7) is 0. The molecule has 0 aliphatic carbocycles. The molecule has 1 heterocycles. The zero-order chi connectivity index (χ0) is 10.4. The number of nitrogens with two attached hydrogens (primary N) is 1. The minimum atomic E-state index is -0.250. The second-order valence-electron chi connectivity index (χ2n) is 2.26. The monoisotopic (exact) mass is 234 g/mol. The van der Waals surface area contributed by atoms with Crippen molar-refractivity contribution in [1.29, 1.82) is 0 Å². The van der Waals surface area contributed by atoms with Crippen LogP contribution in [0.15, 0.2) is 0 Å². The third kappa shape index (κ3) is 3.13. The van der Waals surface area contributed by atoms with Crippen LogP contribution in [-0.2, 0) is 15.3 Å². The molecule has 0 aliphatic rings. The fraction of sp³-hybridized carbons (Fsp3) is 0.500. The molecule has 1 aromatic heterocycles. The van der Waals surface area contributed by atoms with Gasteiger partial charge in [-0.2, -0.15) is 0 Å². The van der Waals surface area contributed by atoms with Crippen LogP contribution in [0.3, 0.4) is 0 Å². The number of hydrogen-bond donors (Lipinski definition) is 2. The molecule has 0 spiro atoms. The summed E-state index contributed by atoms with van der Waals surface area (Å²) in [5, 5.41) is 4.59. The summed E-state index contributed by atoms with van der Waals surface area (Å²) < 4.78 is 8.22. The van der Waals surface area contributed by atoms with E-state index in [2.05, 4.69) is 19.7 Å². The lowest BCUT2D eigenvalue weighted by molar-refractivity contribution is -0.137. The quantitative estimate of drug-likeness (QED) is 0.428. The Morgan fingerprint density at radius 2 is 2.57 bits per heavy atom. The Labute approximate surface area is 89.3 Å². The van der Waals surface area contributed by atoms with E-state index < -0.39 is 0 Å². The number of thioether (sulfide) groups is 1. The fourth-order valence-corrected chi connectivity index (χ4v) is 2.07. The van der Waals surface area contributed by atoms with Crippen LogP contribution in [0, 0.1) is 0 Å². The molecular weight excluding hydrogens is 224 g/mol. The Morgan fingerprint density at radius 1 is 1.79 bits per heavy atom. The molecule has 1 rings (SSSR count). The van der Waals surface area contributed by atoms with Gasteiger partial charge in [-0.15, -0.1) is 16.9 Å². The Kier molecular flexibility index (Phi) is 4.63. The molecule has 0 saturated carbocycles. The Balaban J connectivity index is 2.34. The molecule has 0 aliphatic heterocycles. The number of nitrogens with zero attached hydrogens (tertiary/aromatic N) is 2. The van der Waals surface area contributed by atoms with E-state index in [9.17, 15) is 4.79 Å². The standard InChI is InChI=1S/C6H10N4O2S2/c1-12-5(11)3-13-2-4-6(8-7)14-10-9-4/h8H,2-3,7H2,1H3. The summed E-state index contributed by atoms with van der Waals surface area (Å²) in [6.07, 6.45) is 0. The summed E-state index contributed by atoms with van der Waals surface area (Å²) in [7, 11) is 1.36. The number of anilines is 1.